The van der Waals surface area contributed by atoms with E-state index in [4.69, 9.17) is 23.2 Å². The van der Waals surface area contributed by atoms with Crippen molar-refractivity contribution in [2.24, 2.45) is 0 Å². The number of hydrogen-bond acceptors (Lipinski definition) is 2. The Bertz CT molecular complexity index is 358. The molecule has 0 N–H and O–H groups in total. The molecule has 1 aromatic carbocycles. The minimum Gasteiger partial charge on any atom is -0.364 e. The minimum atomic E-state index is 0.265. The summed E-state index contributed by atoms with van der Waals surface area (Å²) in [5.74, 6) is 0.265. The Hall–Kier alpha value is -0.730. The van der Waals surface area contributed by atoms with Crippen molar-refractivity contribution in [2.45, 2.75) is 6.42 Å². The second kappa shape index (κ2) is 3.79. The lowest BCUT2D eigenvalue weighted by Gasteiger charge is -2.16. The molecule has 1 aliphatic rings. The molecule has 74 valence electrons. The Labute approximate surface area is 92.4 Å². The lowest BCUT2D eigenvalue weighted by atomic mass is 10.3. The zero-order valence-electron chi connectivity index (χ0n) is 7.46. The van der Waals surface area contributed by atoms with Crippen LogP contribution in [0.25, 0.3) is 0 Å². The number of ketones is 1. The number of hydrogen-bond donors (Lipinski definition) is 0. The van der Waals surface area contributed by atoms with E-state index in [1.165, 1.54) is 0 Å². The molecule has 0 bridgehead atoms. The zero-order valence-corrected chi connectivity index (χ0v) is 8.98. The second-order valence-corrected chi connectivity index (χ2v) is 4.21. The number of anilines is 1. The van der Waals surface area contributed by atoms with Crippen molar-refractivity contribution in [1.82, 2.24) is 0 Å². The van der Waals surface area contributed by atoms with Crippen LogP contribution in [0.1, 0.15) is 6.42 Å². The summed E-state index contributed by atoms with van der Waals surface area (Å²) in [6.45, 7) is 1.23. The van der Waals surface area contributed by atoms with E-state index in [1.807, 2.05) is 17.0 Å². The van der Waals surface area contributed by atoms with Crippen molar-refractivity contribution in [3.63, 3.8) is 0 Å². The van der Waals surface area contributed by atoms with Gasteiger partial charge in [-0.2, -0.15) is 0 Å². The number of carbonyl (C=O) groups is 1. The van der Waals surface area contributed by atoms with Crippen molar-refractivity contribution < 1.29 is 4.79 Å². The lowest BCUT2D eigenvalue weighted by molar-refractivity contribution is -0.116. The summed E-state index contributed by atoms with van der Waals surface area (Å²) in [5, 5.41) is 1.21. The molecule has 0 atom stereocenters. The Morgan fingerprint density at radius 2 is 1.79 bits per heavy atom. The topological polar surface area (TPSA) is 20.3 Å². The zero-order chi connectivity index (χ0) is 10.1. The molecule has 1 saturated heterocycles. The predicted octanol–water partition coefficient (Wildman–Crippen LogP) is 2.77. The van der Waals surface area contributed by atoms with Gasteiger partial charge in [0.15, 0.2) is 5.78 Å². The molecule has 1 aromatic rings. The van der Waals surface area contributed by atoms with E-state index >= 15 is 0 Å². The Kier molecular flexibility index (Phi) is 2.66. The minimum absolute atomic E-state index is 0.265. The Morgan fingerprint density at radius 3 is 2.29 bits per heavy atom. The van der Waals surface area contributed by atoms with Gasteiger partial charge in [-0.15, -0.1) is 0 Å². The third kappa shape index (κ3) is 2.02. The van der Waals surface area contributed by atoms with Gasteiger partial charge >= 0.3 is 0 Å². The first kappa shape index (κ1) is 9.81. The third-order valence-corrected chi connectivity index (χ3v) is 2.68. The van der Waals surface area contributed by atoms with E-state index < -0.39 is 0 Å². The smallest absolute Gasteiger partial charge is 0.153 e. The molecule has 0 aromatic heterocycles. The average molecular weight is 230 g/mol. The molecule has 1 aliphatic heterocycles. The van der Waals surface area contributed by atoms with Crippen LogP contribution in [-0.4, -0.2) is 18.9 Å². The summed E-state index contributed by atoms with van der Waals surface area (Å²) in [4.78, 5) is 13.1. The number of Topliss-reactive ketones (excluding diaryl/α,β-unsaturated/α-hetero) is 1. The first-order valence-electron chi connectivity index (χ1n) is 4.38. The summed E-state index contributed by atoms with van der Waals surface area (Å²) >= 11 is 11.7. The van der Waals surface area contributed by atoms with Crippen LogP contribution in [-0.2, 0) is 4.79 Å². The van der Waals surface area contributed by atoms with E-state index in [0.717, 1.165) is 12.2 Å². The monoisotopic (exact) mass is 229 g/mol. The first-order valence-corrected chi connectivity index (χ1v) is 5.13. The molecule has 14 heavy (non-hydrogen) atoms. The lowest BCUT2D eigenvalue weighted by Crippen LogP contribution is -2.19. The molecule has 2 nitrogen and oxygen atoms in total. The molecule has 0 aliphatic carbocycles. The Morgan fingerprint density at radius 1 is 1.14 bits per heavy atom. The van der Waals surface area contributed by atoms with Gasteiger partial charge in [0.1, 0.15) is 0 Å². The predicted molar refractivity (Wildman–Crippen MR) is 58.3 cm³/mol. The number of halogens is 2. The highest BCUT2D eigenvalue weighted by Gasteiger charge is 2.19. The van der Waals surface area contributed by atoms with E-state index in [9.17, 15) is 4.79 Å². The fourth-order valence-corrected chi connectivity index (χ4v) is 2.09. The summed E-state index contributed by atoms with van der Waals surface area (Å²) in [7, 11) is 0. The maximum Gasteiger partial charge on any atom is 0.153 e. The number of nitrogens with zero attached hydrogens (tertiary/aromatic N) is 1. The van der Waals surface area contributed by atoms with Crippen LogP contribution in [0.15, 0.2) is 18.2 Å². The third-order valence-electron chi connectivity index (χ3n) is 2.24. The number of benzene rings is 1. The van der Waals surface area contributed by atoms with Crippen molar-refractivity contribution in [2.75, 3.05) is 18.0 Å². The number of carbonyl (C=O) groups excluding carboxylic acids is 1. The molecular weight excluding hydrogens is 221 g/mol. The van der Waals surface area contributed by atoms with Crippen LogP contribution in [0.4, 0.5) is 5.69 Å². The molecule has 0 spiro atoms. The van der Waals surface area contributed by atoms with Crippen LogP contribution >= 0.6 is 23.2 Å². The maximum atomic E-state index is 11.1. The van der Waals surface area contributed by atoms with Crippen molar-refractivity contribution in [3.05, 3.63) is 28.2 Å². The first-order chi connectivity index (χ1) is 6.65. The van der Waals surface area contributed by atoms with Gasteiger partial charge < -0.3 is 4.90 Å². The summed E-state index contributed by atoms with van der Waals surface area (Å²) in [6.07, 6.45) is 0.615. The summed E-state index contributed by atoms with van der Waals surface area (Å²) in [5.41, 5.74) is 0.924. The molecular formula is C10H9Cl2NO. The van der Waals surface area contributed by atoms with Gasteiger partial charge in [0, 0.05) is 28.7 Å². The Balaban J connectivity index is 2.27. The highest BCUT2D eigenvalue weighted by Crippen LogP contribution is 2.26. The fraction of sp³-hybridized carbons (Fsp3) is 0.300. The van der Waals surface area contributed by atoms with E-state index in [0.29, 0.717) is 23.0 Å². The van der Waals surface area contributed by atoms with Gasteiger partial charge in [-0.25, -0.2) is 0 Å². The van der Waals surface area contributed by atoms with E-state index in [2.05, 4.69) is 0 Å². The molecule has 4 heteroatoms. The van der Waals surface area contributed by atoms with Crippen LogP contribution in [0, 0.1) is 0 Å². The van der Waals surface area contributed by atoms with Gasteiger partial charge in [-0.05, 0) is 18.2 Å². The van der Waals surface area contributed by atoms with Crippen molar-refractivity contribution in [1.29, 1.82) is 0 Å². The average Bonchev–Trinajstić information content (AvgIpc) is 2.50. The van der Waals surface area contributed by atoms with Crippen LogP contribution < -0.4 is 4.90 Å². The highest BCUT2D eigenvalue weighted by atomic mass is 35.5. The molecule has 1 heterocycles. The SMILES string of the molecule is O=C1CCN(c2cc(Cl)cc(Cl)c2)C1. The van der Waals surface area contributed by atoms with Crippen LogP contribution in [0.3, 0.4) is 0 Å². The molecule has 0 unspecified atom stereocenters. The molecule has 0 saturated carbocycles. The van der Waals surface area contributed by atoms with Gasteiger partial charge in [-0.3, -0.25) is 4.79 Å². The van der Waals surface area contributed by atoms with Gasteiger partial charge in [-0.1, -0.05) is 23.2 Å². The van der Waals surface area contributed by atoms with Crippen molar-refractivity contribution >= 4 is 34.7 Å². The normalized spacial score (nSPS) is 16.4. The van der Waals surface area contributed by atoms with Crippen molar-refractivity contribution in [3.8, 4) is 0 Å². The summed E-state index contributed by atoms with van der Waals surface area (Å²) in [6, 6.07) is 5.34. The van der Waals surface area contributed by atoms with Gasteiger partial charge in [0.05, 0.1) is 6.54 Å². The van der Waals surface area contributed by atoms with Crippen LogP contribution in [0.5, 0.6) is 0 Å². The molecule has 0 amide bonds. The second-order valence-electron chi connectivity index (χ2n) is 3.34. The van der Waals surface area contributed by atoms with Gasteiger partial charge in [0.2, 0.25) is 0 Å². The fourth-order valence-electron chi connectivity index (χ4n) is 1.57. The summed E-state index contributed by atoms with van der Waals surface area (Å²) < 4.78 is 0. The van der Waals surface area contributed by atoms with Crippen LogP contribution in [0.2, 0.25) is 10.0 Å². The van der Waals surface area contributed by atoms with E-state index in [1.54, 1.807) is 6.07 Å². The van der Waals surface area contributed by atoms with Gasteiger partial charge in [0.25, 0.3) is 0 Å². The molecule has 1 fully saturated rings. The largest absolute Gasteiger partial charge is 0.364 e. The highest BCUT2D eigenvalue weighted by molar-refractivity contribution is 6.35. The standard InChI is InChI=1S/C10H9Cl2NO/c11-7-3-8(12)5-9(4-7)13-2-1-10(14)6-13/h3-5H,1-2,6H2. The quantitative estimate of drug-likeness (QED) is 0.739. The maximum absolute atomic E-state index is 11.1. The van der Waals surface area contributed by atoms with E-state index in [-0.39, 0.29) is 5.78 Å². The molecule has 2 rings (SSSR count). The molecule has 0 radical (unpaired) electrons. The number of rotatable bonds is 1.